The Morgan fingerprint density at radius 3 is 2.95 bits per heavy atom. The highest BCUT2D eigenvalue weighted by Gasteiger charge is 2.52. The van der Waals surface area contributed by atoms with Crippen molar-refractivity contribution in [3.05, 3.63) is 10.6 Å². The normalized spacial score (nSPS) is 25.3. The molecular formula is C13H22N4OS. The van der Waals surface area contributed by atoms with Crippen LogP contribution in [0.25, 0.3) is 0 Å². The fourth-order valence-corrected chi connectivity index (χ4v) is 2.78. The summed E-state index contributed by atoms with van der Waals surface area (Å²) in [7, 11) is 0. The molecule has 1 aliphatic rings. The van der Waals surface area contributed by atoms with E-state index in [1.165, 1.54) is 0 Å². The van der Waals surface area contributed by atoms with E-state index in [0.717, 1.165) is 25.2 Å². The Morgan fingerprint density at radius 2 is 2.37 bits per heavy atom. The minimum Gasteiger partial charge on any atom is -0.355 e. The van der Waals surface area contributed by atoms with Crippen LogP contribution in [0, 0.1) is 16.1 Å². The maximum Gasteiger partial charge on any atom is 0.223 e. The molecule has 0 radical (unpaired) electrons. The first-order valence-electron chi connectivity index (χ1n) is 6.93. The average Bonchev–Trinajstić information content (AvgIpc) is 2.96. The molecule has 5 nitrogen and oxygen atoms in total. The van der Waals surface area contributed by atoms with Gasteiger partial charge in [-0.1, -0.05) is 13.8 Å². The van der Waals surface area contributed by atoms with Crippen molar-refractivity contribution in [2.45, 2.75) is 46.6 Å². The van der Waals surface area contributed by atoms with Gasteiger partial charge in [-0.3, -0.25) is 9.89 Å². The van der Waals surface area contributed by atoms with Crippen LogP contribution < -0.4 is 5.32 Å². The van der Waals surface area contributed by atoms with Gasteiger partial charge >= 0.3 is 0 Å². The lowest BCUT2D eigenvalue weighted by Crippen LogP contribution is -2.29. The van der Waals surface area contributed by atoms with Crippen molar-refractivity contribution in [3.8, 4) is 0 Å². The summed E-state index contributed by atoms with van der Waals surface area (Å²) in [6.07, 6.45) is 2.80. The first-order valence-corrected chi connectivity index (χ1v) is 7.34. The summed E-state index contributed by atoms with van der Waals surface area (Å²) in [5.41, 5.74) is 0.230. The molecule has 1 heterocycles. The second-order valence-corrected chi connectivity index (χ2v) is 5.88. The van der Waals surface area contributed by atoms with Crippen LogP contribution in [0.1, 0.15) is 39.4 Å². The number of nitrogens with zero attached hydrogens (tertiary/aromatic N) is 2. The molecule has 1 aromatic heterocycles. The molecule has 1 saturated carbocycles. The van der Waals surface area contributed by atoms with E-state index in [1.54, 1.807) is 0 Å². The molecule has 1 fully saturated rings. The van der Waals surface area contributed by atoms with Gasteiger partial charge in [0.1, 0.15) is 5.82 Å². The largest absolute Gasteiger partial charge is 0.355 e. The Balaban J connectivity index is 1.81. The van der Waals surface area contributed by atoms with Gasteiger partial charge in [0.15, 0.2) is 4.77 Å². The van der Waals surface area contributed by atoms with Crippen LogP contribution in [-0.2, 0) is 17.8 Å². The topological polar surface area (TPSA) is 62.7 Å². The van der Waals surface area contributed by atoms with Crippen LogP contribution >= 0.6 is 12.2 Å². The standard InChI is InChI=1S/C13H22N4OS/c1-4-13(3)8-9(13)11(18)14-7-6-10-15-16-12(19)17(10)5-2/h9H,4-8H2,1-3H3,(H,14,18)(H,16,19)/t9-,13+/m1/s1. The van der Waals surface area contributed by atoms with Gasteiger partial charge in [-0.2, -0.15) is 5.10 Å². The number of carbonyl (C=O) groups excluding carboxylic acids is 1. The van der Waals surface area contributed by atoms with Crippen LogP contribution in [0.15, 0.2) is 0 Å². The Labute approximate surface area is 118 Å². The fraction of sp³-hybridized carbons (Fsp3) is 0.769. The second-order valence-electron chi connectivity index (χ2n) is 5.49. The third kappa shape index (κ3) is 2.88. The maximum absolute atomic E-state index is 12.0. The minimum absolute atomic E-state index is 0.182. The predicted molar refractivity (Wildman–Crippen MR) is 76.3 cm³/mol. The van der Waals surface area contributed by atoms with E-state index in [4.69, 9.17) is 12.2 Å². The number of rotatable bonds is 6. The number of nitrogens with one attached hydrogen (secondary N) is 2. The number of hydrogen-bond donors (Lipinski definition) is 2. The van der Waals surface area contributed by atoms with Crippen LogP contribution in [0.4, 0.5) is 0 Å². The number of amides is 1. The lowest BCUT2D eigenvalue weighted by atomic mass is 10.0. The van der Waals surface area contributed by atoms with Crippen LogP contribution in [0.3, 0.4) is 0 Å². The van der Waals surface area contributed by atoms with Crippen molar-refractivity contribution in [1.29, 1.82) is 0 Å². The SMILES string of the molecule is CCn1c(CCNC(=O)[C@H]2C[C@]2(C)CC)n[nH]c1=S. The van der Waals surface area contributed by atoms with E-state index >= 15 is 0 Å². The zero-order valence-corrected chi connectivity index (χ0v) is 12.6. The molecule has 0 bridgehead atoms. The Morgan fingerprint density at radius 1 is 1.63 bits per heavy atom. The molecular weight excluding hydrogens is 260 g/mol. The van der Waals surface area contributed by atoms with Crippen molar-refractivity contribution in [3.63, 3.8) is 0 Å². The molecule has 0 spiro atoms. The van der Waals surface area contributed by atoms with Crippen LogP contribution in [-0.4, -0.2) is 27.2 Å². The predicted octanol–water partition coefficient (Wildman–Crippen LogP) is 2.06. The molecule has 0 unspecified atom stereocenters. The van der Waals surface area contributed by atoms with Crippen molar-refractivity contribution in [2.75, 3.05) is 6.54 Å². The summed E-state index contributed by atoms with van der Waals surface area (Å²) in [6.45, 7) is 7.78. The highest BCUT2D eigenvalue weighted by atomic mass is 32.1. The number of aromatic nitrogens is 3. The monoisotopic (exact) mass is 282 g/mol. The molecule has 1 aliphatic carbocycles. The van der Waals surface area contributed by atoms with E-state index < -0.39 is 0 Å². The quantitative estimate of drug-likeness (QED) is 0.785. The summed E-state index contributed by atoms with van der Waals surface area (Å²) < 4.78 is 2.60. The van der Waals surface area contributed by atoms with Gasteiger partial charge in [-0.15, -0.1) is 0 Å². The Hall–Kier alpha value is -1.17. The fourth-order valence-electron chi connectivity index (χ4n) is 2.50. The molecule has 2 N–H and O–H groups in total. The van der Waals surface area contributed by atoms with E-state index in [9.17, 15) is 4.79 Å². The number of aromatic amines is 1. The molecule has 1 aromatic rings. The highest BCUT2D eigenvalue weighted by Crippen LogP contribution is 2.54. The minimum atomic E-state index is 0.182. The maximum atomic E-state index is 12.0. The van der Waals surface area contributed by atoms with Gasteiger partial charge in [-0.05, 0) is 37.4 Å². The molecule has 2 atom stereocenters. The van der Waals surface area contributed by atoms with Crippen molar-refractivity contribution >= 4 is 18.1 Å². The van der Waals surface area contributed by atoms with Crippen molar-refractivity contribution in [2.24, 2.45) is 11.3 Å². The lowest BCUT2D eigenvalue weighted by Gasteiger charge is -2.08. The van der Waals surface area contributed by atoms with E-state index in [0.29, 0.717) is 17.7 Å². The summed E-state index contributed by atoms with van der Waals surface area (Å²) in [4.78, 5) is 12.0. The van der Waals surface area contributed by atoms with E-state index in [1.807, 2.05) is 11.5 Å². The number of hydrogen-bond acceptors (Lipinski definition) is 3. The van der Waals surface area contributed by atoms with Gasteiger partial charge in [0.05, 0.1) is 0 Å². The molecule has 0 aliphatic heterocycles. The summed E-state index contributed by atoms with van der Waals surface area (Å²) in [6, 6.07) is 0. The van der Waals surface area contributed by atoms with Crippen LogP contribution in [0.2, 0.25) is 0 Å². The third-order valence-corrected chi connectivity index (χ3v) is 4.59. The van der Waals surface area contributed by atoms with Gasteiger partial charge in [0.2, 0.25) is 5.91 Å². The molecule has 0 aromatic carbocycles. The van der Waals surface area contributed by atoms with E-state index in [2.05, 4.69) is 29.4 Å². The molecule has 2 rings (SSSR count). The first kappa shape index (κ1) is 14.2. The molecule has 6 heteroatoms. The Kier molecular flexibility index (Phi) is 4.08. The highest BCUT2D eigenvalue weighted by molar-refractivity contribution is 7.71. The summed E-state index contributed by atoms with van der Waals surface area (Å²) in [5.74, 6) is 1.29. The summed E-state index contributed by atoms with van der Waals surface area (Å²) >= 11 is 5.13. The van der Waals surface area contributed by atoms with Gasteiger partial charge in [-0.25, -0.2) is 0 Å². The van der Waals surface area contributed by atoms with Crippen molar-refractivity contribution < 1.29 is 4.79 Å². The first-order chi connectivity index (χ1) is 9.01. The molecule has 19 heavy (non-hydrogen) atoms. The van der Waals surface area contributed by atoms with Gasteiger partial charge < -0.3 is 9.88 Å². The Bertz CT molecular complexity index is 521. The summed E-state index contributed by atoms with van der Waals surface area (Å²) in [5, 5.41) is 9.97. The zero-order valence-electron chi connectivity index (χ0n) is 11.8. The second kappa shape index (κ2) is 5.45. The molecule has 1 amide bonds. The smallest absolute Gasteiger partial charge is 0.223 e. The van der Waals surface area contributed by atoms with Gasteiger partial charge in [0, 0.05) is 25.4 Å². The van der Waals surface area contributed by atoms with Crippen molar-refractivity contribution in [1.82, 2.24) is 20.1 Å². The average molecular weight is 282 g/mol. The number of H-pyrrole nitrogens is 1. The van der Waals surface area contributed by atoms with Crippen LogP contribution in [0.5, 0.6) is 0 Å². The molecule has 106 valence electrons. The third-order valence-electron chi connectivity index (χ3n) is 4.28. The number of carbonyl (C=O) groups is 1. The van der Waals surface area contributed by atoms with E-state index in [-0.39, 0.29) is 17.2 Å². The van der Waals surface area contributed by atoms with Gasteiger partial charge in [0.25, 0.3) is 0 Å². The molecule has 0 saturated heterocycles. The zero-order chi connectivity index (χ0) is 14.0. The lowest BCUT2D eigenvalue weighted by molar-refractivity contribution is -0.123.